The molecule has 0 aromatic heterocycles. The molecule has 0 radical (unpaired) electrons. The Hall–Kier alpha value is -1.20. The lowest BCUT2D eigenvalue weighted by Crippen LogP contribution is -2.37. The summed E-state index contributed by atoms with van der Waals surface area (Å²) in [6.07, 6.45) is 3.49. The van der Waals surface area contributed by atoms with E-state index in [9.17, 15) is 9.59 Å². The molecule has 1 saturated heterocycles. The number of amides is 1. The van der Waals surface area contributed by atoms with Gasteiger partial charge in [0.15, 0.2) is 0 Å². The number of carbonyl (C=O) groups is 2. The van der Waals surface area contributed by atoms with Crippen molar-refractivity contribution in [1.82, 2.24) is 4.90 Å². The van der Waals surface area contributed by atoms with Crippen LogP contribution in [-0.4, -0.2) is 40.7 Å². The van der Waals surface area contributed by atoms with E-state index in [4.69, 9.17) is 16.7 Å². The fraction of sp³-hybridized carbons (Fsp3) is 0.429. The lowest BCUT2D eigenvalue weighted by atomic mass is 10.1. The van der Waals surface area contributed by atoms with E-state index < -0.39 is 5.97 Å². The third-order valence-electron chi connectivity index (χ3n) is 3.45. The number of hydrogen-bond donors (Lipinski definition) is 1. The van der Waals surface area contributed by atoms with Gasteiger partial charge in [0.25, 0.3) is 5.91 Å². The molecule has 0 aliphatic carbocycles. The summed E-state index contributed by atoms with van der Waals surface area (Å²) in [7, 11) is 0. The van der Waals surface area contributed by atoms with Crippen molar-refractivity contribution in [3.05, 3.63) is 28.8 Å². The van der Waals surface area contributed by atoms with Gasteiger partial charge in [0.2, 0.25) is 0 Å². The molecule has 1 amide bonds. The number of carboxylic acids is 1. The van der Waals surface area contributed by atoms with Crippen molar-refractivity contribution in [2.75, 3.05) is 12.8 Å². The zero-order chi connectivity index (χ0) is 14.7. The number of nitrogens with zero attached hydrogens (tertiary/aromatic N) is 1. The lowest BCUT2D eigenvalue weighted by Gasteiger charge is -2.24. The van der Waals surface area contributed by atoms with E-state index in [1.54, 1.807) is 17.0 Å². The molecule has 1 unspecified atom stereocenters. The molecule has 4 nitrogen and oxygen atoms in total. The van der Waals surface area contributed by atoms with E-state index in [1.165, 1.54) is 11.8 Å². The zero-order valence-corrected chi connectivity index (χ0v) is 12.7. The largest absolute Gasteiger partial charge is 0.481 e. The van der Waals surface area contributed by atoms with E-state index in [-0.39, 0.29) is 18.4 Å². The van der Waals surface area contributed by atoms with Gasteiger partial charge in [-0.15, -0.1) is 11.8 Å². The SMILES string of the molecule is CSc1ccc(Cl)c(C(=O)N2CCCC2CC(=O)O)c1. The molecule has 20 heavy (non-hydrogen) atoms. The molecular formula is C14H16ClNO3S. The van der Waals surface area contributed by atoms with Gasteiger partial charge in [0.1, 0.15) is 0 Å². The topological polar surface area (TPSA) is 57.6 Å². The van der Waals surface area contributed by atoms with E-state index in [0.29, 0.717) is 17.1 Å². The van der Waals surface area contributed by atoms with E-state index in [2.05, 4.69) is 0 Å². The first-order valence-electron chi connectivity index (χ1n) is 6.39. The Morgan fingerprint density at radius 3 is 2.90 bits per heavy atom. The van der Waals surface area contributed by atoms with E-state index >= 15 is 0 Å². The van der Waals surface area contributed by atoms with Crippen LogP contribution in [0.2, 0.25) is 5.02 Å². The molecule has 6 heteroatoms. The minimum absolute atomic E-state index is 0.00836. The molecule has 0 bridgehead atoms. The zero-order valence-electron chi connectivity index (χ0n) is 11.1. The van der Waals surface area contributed by atoms with Gasteiger partial charge in [0, 0.05) is 17.5 Å². The number of benzene rings is 1. The van der Waals surface area contributed by atoms with Crippen LogP contribution in [0.25, 0.3) is 0 Å². The van der Waals surface area contributed by atoms with Crippen molar-refractivity contribution < 1.29 is 14.7 Å². The van der Waals surface area contributed by atoms with Crippen molar-refractivity contribution >= 4 is 35.2 Å². The van der Waals surface area contributed by atoms with Crippen LogP contribution in [-0.2, 0) is 4.79 Å². The second-order valence-corrected chi connectivity index (χ2v) is 6.03. The highest BCUT2D eigenvalue weighted by molar-refractivity contribution is 7.98. The molecular weight excluding hydrogens is 298 g/mol. The molecule has 1 fully saturated rings. The molecule has 2 rings (SSSR count). The molecule has 1 aromatic rings. The molecule has 108 valence electrons. The van der Waals surface area contributed by atoms with Crippen LogP contribution in [0.5, 0.6) is 0 Å². The van der Waals surface area contributed by atoms with Crippen LogP contribution in [0, 0.1) is 0 Å². The predicted octanol–water partition coefficient (Wildman–Crippen LogP) is 3.14. The molecule has 1 aliphatic rings. The third-order valence-corrected chi connectivity index (χ3v) is 4.51. The lowest BCUT2D eigenvalue weighted by molar-refractivity contribution is -0.137. The smallest absolute Gasteiger partial charge is 0.305 e. The summed E-state index contributed by atoms with van der Waals surface area (Å²) >= 11 is 7.65. The van der Waals surface area contributed by atoms with Gasteiger partial charge in [-0.25, -0.2) is 0 Å². The van der Waals surface area contributed by atoms with Crippen molar-refractivity contribution in [1.29, 1.82) is 0 Å². The average Bonchev–Trinajstić information content (AvgIpc) is 2.86. The highest BCUT2D eigenvalue weighted by atomic mass is 35.5. The number of aliphatic carboxylic acids is 1. The summed E-state index contributed by atoms with van der Waals surface area (Å²) in [6, 6.07) is 5.12. The van der Waals surface area contributed by atoms with Gasteiger partial charge >= 0.3 is 5.97 Å². The van der Waals surface area contributed by atoms with Crippen LogP contribution in [0.1, 0.15) is 29.6 Å². The van der Waals surface area contributed by atoms with E-state index in [0.717, 1.165) is 17.7 Å². The van der Waals surface area contributed by atoms with Gasteiger partial charge in [-0.05, 0) is 37.3 Å². The Balaban J connectivity index is 2.24. The summed E-state index contributed by atoms with van der Waals surface area (Å²) in [5.74, 6) is -1.05. The number of rotatable bonds is 4. The number of carbonyl (C=O) groups excluding carboxylic acids is 1. The first kappa shape index (κ1) is 15.2. The summed E-state index contributed by atoms with van der Waals surface area (Å²) in [5.41, 5.74) is 0.454. The highest BCUT2D eigenvalue weighted by Crippen LogP contribution is 2.28. The normalized spacial score (nSPS) is 18.3. The minimum Gasteiger partial charge on any atom is -0.481 e. The number of likely N-dealkylation sites (tertiary alicyclic amines) is 1. The quantitative estimate of drug-likeness (QED) is 0.868. The summed E-state index contributed by atoms with van der Waals surface area (Å²) < 4.78 is 0. The van der Waals surface area contributed by atoms with E-state index in [1.807, 2.05) is 12.3 Å². The molecule has 1 aromatic carbocycles. The van der Waals surface area contributed by atoms with Crippen LogP contribution in [0.4, 0.5) is 0 Å². The van der Waals surface area contributed by atoms with Crippen molar-refractivity contribution in [3.8, 4) is 0 Å². The van der Waals surface area contributed by atoms with Crippen LogP contribution < -0.4 is 0 Å². The van der Waals surface area contributed by atoms with Gasteiger partial charge in [-0.3, -0.25) is 9.59 Å². The fourth-order valence-corrected chi connectivity index (χ4v) is 3.11. The average molecular weight is 314 g/mol. The number of hydrogen-bond acceptors (Lipinski definition) is 3. The fourth-order valence-electron chi connectivity index (χ4n) is 2.47. The standard InChI is InChI=1S/C14H16ClNO3S/c1-20-10-4-5-12(15)11(8-10)14(19)16-6-2-3-9(16)7-13(17)18/h4-5,8-9H,2-3,6-7H2,1H3,(H,17,18). The van der Waals surface area contributed by atoms with Crippen LogP contribution in [0.15, 0.2) is 23.1 Å². The number of carboxylic acid groups (broad SMARTS) is 1. The number of thioether (sulfide) groups is 1. The monoisotopic (exact) mass is 313 g/mol. The molecule has 1 atom stereocenters. The third kappa shape index (κ3) is 3.27. The molecule has 1 N–H and O–H groups in total. The Morgan fingerprint density at radius 2 is 2.25 bits per heavy atom. The highest BCUT2D eigenvalue weighted by Gasteiger charge is 2.31. The Morgan fingerprint density at radius 1 is 1.50 bits per heavy atom. The van der Waals surface area contributed by atoms with Crippen molar-refractivity contribution in [2.24, 2.45) is 0 Å². The summed E-state index contributed by atoms with van der Waals surface area (Å²) in [5, 5.41) is 9.32. The van der Waals surface area contributed by atoms with Crippen LogP contribution >= 0.6 is 23.4 Å². The second kappa shape index (κ2) is 6.50. The predicted molar refractivity (Wildman–Crippen MR) is 79.5 cm³/mol. The first-order chi connectivity index (χ1) is 9.52. The minimum atomic E-state index is -0.876. The van der Waals surface area contributed by atoms with Crippen molar-refractivity contribution in [2.45, 2.75) is 30.2 Å². The maximum atomic E-state index is 12.6. The van der Waals surface area contributed by atoms with Gasteiger partial charge in [-0.1, -0.05) is 11.6 Å². The summed E-state index contributed by atoms with van der Waals surface area (Å²) in [4.78, 5) is 26.0. The Bertz CT molecular complexity index is 535. The van der Waals surface area contributed by atoms with Crippen LogP contribution in [0.3, 0.4) is 0 Å². The molecule has 1 aliphatic heterocycles. The maximum absolute atomic E-state index is 12.6. The van der Waals surface area contributed by atoms with Gasteiger partial charge < -0.3 is 10.0 Å². The second-order valence-electron chi connectivity index (χ2n) is 4.74. The molecule has 0 spiro atoms. The Labute approximate surface area is 127 Å². The maximum Gasteiger partial charge on any atom is 0.305 e. The van der Waals surface area contributed by atoms with Crippen molar-refractivity contribution in [3.63, 3.8) is 0 Å². The number of halogens is 1. The molecule has 1 heterocycles. The summed E-state index contributed by atoms with van der Waals surface area (Å²) in [6.45, 7) is 0.594. The van der Waals surface area contributed by atoms with Gasteiger partial charge in [-0.2, -0.15) is 0 Å². The van der Waals surface area contributed by atoms with Gasteiger partial charge in [0.05, 0.1) is 17.0 Å². The molecule has 0 saturated carbocycles. The first-order valence-corrected chi connectivity index (χ1v) is 7.99. The Kier molecular flexibility index (Phi) is 4.94.